The molecule has 0 atom stereocenters. The van der Waals surface area contributed by atoms with E-state index in [-0.39, 0.29) is 5.78 Å². The van der Waals surface area contributed by atoms with Gasteiger partial charge in [-0.3, -0.25) is 9.78 Å². The second-order valence-electron chi connectivity index (χ2n) is 5.32. The quantitative estimate of drug-likeness (QED) is 0.572. The Balaban J connectivity index is 1.89. The summed E-state index contributed by atoms with van der Waals surface area (Å²) in [7, 11) is 0. The lowest BCUT2D eigenvalue weighted by Gasteiger charge is -1.98. The highest BCUT2D eigenvalue weighted by atomic mass is 16.1. The summed E-state index contributed by atoms with van der Waals surface area (Å²) >= 11 is 0. The SMILES string of the molecule is Cc1cccc(C(=O)c2nc3c(cnc4ccccc43)[nH]2)c1. The molecule has 0 amide bonds. The molecule has 2 aromatic carbocycles. The van der Waals surface area contributed by atoms with E-state index in [1.807, 2.05) is 49.4 Å². The first-order valence-corrected chi connectivity index (χ1v) is 7.07. The van der Waals surface area contributed by atoms with E-state index in [0.29, 0.717) is 11.4 Å². The number of para-hydroxylation sites is 1. The van der Waals surface area contributed by atoms with Crippen LogP contribution in [-0.2, 0) is 0 Å². The van der Waals surface area contributed by atoms with Gasteiger partial charge in [-0.25, -0.2) is 4.98 Å². The van der Waals surface area contributed by atoms with E-state index in [9.17, 15) is 4.79 Å². The van der Waals surface area contributed by atoms with Crippen molar-refractivity contribution in [2.45, 2.75) is 6.92 Å². The number of hydrogen-bond acceptors (Lipinski definition) is 3. The van der Waals surface area contributed by atoms with Crippen molar-refractivity contribution in [3.63, 3.8) is 0 Å². The number of nitrogens with one attached hydrogen (secondary N) is 1. The fourth-order valence-electron chi connectivity index (χ4n) is 2.64. The molecule has 0 bridgehead atoms. The highest BCUT2D eigenvalue weighted by Crippen LogP contribution is 2.22. The van der Waals surface area contributed by atoms with E-state index in [2.05, 4.69) is 15.0 Å². The minimum atomic E-state index is -0.107. The Kier molecular flexibility index (Phi) is 2.76. The maximum Gasteiger partial charge on any atom is 0.228 e. The lowest BCUT2D eigenvalue weighted by atomic mass is 10.1. The van der Waals surface area contributed by atoms with Gasteiger partial charge in [0.1, 0.15) is 5.52 Å². The third kappa shape index (κ3) is 1.97. The zero-order chi connectivity index (χ0) is 15.1. The highest BCUT2D eigenvalue weighted by molar-refractivity contribution is 6.10. The van der Waals surface area contributed by atoms with Crippen molar-refractivity contribution in [1.29, 1.82) is 0 Å². The van der Waals surface area contributed by atoms with Gasteiger partial charge in [0.05, 0.1) is 17.2 Å². The Morgan fingerprint density at radius 1 is 1.09 bits per heavy atom. The summed E-state index contributed by atoms with van der Waals surface area (Å²) in [6.07, 6.45) is 1.72. The van der Waals surface area contributed by atoms with E-state index >= 15 is 0 Å². The van der Waals surface area contributed by atoms with Gasteiger partial charge in [0.25, 0.3) is 0 Å². The molecule has 106 valence electrons. The maximum atomic E-state index is 12.6. The first-order chi connectivity index (χ1) is 10.7. The lowest BCUT2D eigenvalue weighted by molar-refractivity contribution is 0.103. The van der Waals surface area contributed by atoms with E-state index in [0.717, 1.165) is 27.5 Å². The van der Waals surface area contributed by atoms with Crippen LogP contribution in [0.15, 0.2) is 54.7 Å². The monoisotopic (exact) mass is 287 g/mol. The van der Waals surface area contributed by atoms with Gasteiger partial charge in [0.2, 0.25) is 5.78 Å². The summed E-state index contributed by atoms with van der Waals surface area (Å²) in [5.74, 6) is 0.239. The number of aromatic nitrogens is 3. The minimum absolute atomic E-state index is 0.107. The molecule has 0 unspecified atom stereocenters. The van der Waals surface area contributed by atoms with E-state index < -0.39 is 0 Å². The second-order valence-corrected chi connectivity index (χ2v) is 5.32. The van der Waals surface area contributed by atoms with Gasteiger partial charge in [-0.15, -0.1) is 0 Å². The molecule has 0 aliphatic heterocycles. The summed E-state index contributed by atoms with van der Waals surface area (Å²) in [5.41, 5.74) is 4.11. The van der Waals surface area contributed by atoms with Gasteiger partial charge in [-0.05, 0) is 19.1 Å². The van der Waals surface area contributed by atoms with Crippen LogP contribution in [0, 0.1) is 6.92 Å². The number of carbonyl (C=O) groups excluding carboxylic acids is 1. The van der Waals surface area contributed by atoms with Crippen molar-refractivity contribution in [3.05, 3.63) is 71.7 Å². The Labute approximate surface area is 126 Å². The molecule has 0 fully saturated rings. The summed E-state index contributed by atoms with van der Waals surface area (Å²) in [6, 6.07) is 15.3. The molecule has 0 saturated carbocycles. The number of carbonyl (C=O) groups is 1. The zero-order valence-electron chi connectivity index (χ0n) is 12.0. The number of hydrogen-bond donors (Lipinski definition) is 1. The van der Waals surface area contributed by atoms with E-state index in [4.69, 9.17) is 0 Å². The molecule has 0 aliphatic rings. The molecule has 2 aromatic heterocycles. The van der Waals surface area contributed by atoms with Crippen LogP contribution < -0.4 is 0 Å². The maximum absolute atomic E-state index is 12.6. The van der Waals surface area contributed by atoms with Crippen molar-refractivity contribution in [2.24, 2.45) is 0 Å². The average molecular weight is 287 g/mol. The molecule has 0 radical (unpaired) electrons. The van der Waals surface area contributed by atoms with Crippen molar-refractivity contribution in [2.75, 3.05) is 0 Å². The molecule has 22 heavy (non-hydrogen) atoms. The number of pyridine rings is 1. The molecule has 0 spiro atoms. The topological polar surface area (TPSA) is 58.6 Å². The highest BCUT2D eigenvalue weighted by Gasteiger charge is 2.15. The normalized spacial score (nSPS) is 11.1. The standard InChI is InChI=1S/C18H13N3O/c1-11-5-4-6-12(9-11)17(22)18-20-15-10-19-14-8-3-2-7-13(14)16(15)21-18/h2-10H,1H3,(H,20,21). The van der Waals surface area contributed by atoms with Crippen LogP contribution in [0.4, 0.5) is 0 Å². The number of aryl methyl sites for hydroxylation is 1. The largest absolute Gasteiger partial charge is 0.334 e. The molecule has 4 heteroatoms. The fraction of sp³-hybridized carbons (Fsp3) is 0.0556. The van der Waals surface area contributed by atoms with Gasteiger partial charge >= 0.3 is 0 Å². The number of aromatic amines is 1. The van der Waals surface area contributed by atoms with Crippen LogP contribution in [-0.4, -0.2) is 20.7 Å². The van der Waals surface area contributed by atoms with Crippen LogP contribution in [0.2, 0.25) is 0 Å². The first-order valence-electron chi connectivity index (χ1n) is 7.07. The smallest absolute Gasteiger partial charge is 0.228 e. The average Bonchev–Trinajstić information content (AvgIpc) is 2.99. The number of fused-ring (bicyclic) bond motifs is 3. The molecule has 0 saturated heterocycles. The third-order valence-corrected chi connectivity index (χ3v) is 3.72. The van der Waals surface area contributed by atoms with Crippen LogP contribution in [0.25, 0.3) is 21.9 Å². The molecular weight excluding hydrogens is 274 g/mol. The van der Waals surface area contributed by atoms with Gasteiger partial charge in [-0.2, -0.15) is 0 Å². The number of nitrogens with zero attached hydrogens (tertiary/aromatic N) is 2. The number of ketones is 1. The van der Waals surface area contributed by atoms with Gasteiger partial charge in [0, 0.05) is 10.9 Å². The van der Waals surface area contributed by atoms with Crippen LogP contribution in [0.5, 0.6) is 0 Å². The molecular formula is C18H13N3O. The van der Waals surface area contributed by atoms with Gasteiger partial charge < -0.3 is 4.98 Å². The predicted molar refractivity (Wildman–Crippen MR) is 86.0 cm³/mol. The van der Waals surface area contributed by atoms with Crippen LogP contribution >= 0.6 is 0 Å². The Bertz CT molecular complexity index is 1020. The molecule has 4 nitrogen and oxygen atoms in total. The minimum Gasteiger partial charge on any atom is -0.334 e. The van der Waals surface area contributed by atoms with Crippen molar-refractivity contribution >= 4 is 27.7 Å². The van der Waals surface area contributed by atoms with Crippen molar-refractivity contribution in [3.8, 4) is 0 Å². The first kappa shape index (κ1) is 12.7. The fourth-order valence-corrected chi connectivity index (χ4v) is 2.64. The van der Waals surface area contributed by atoms with Crippen LogP contribution in [0.3, 0.4) is 0 Å². The Morgan fingerprint density at radius 2 is 1.95 bits per heavy atom. The number of benzene rings is 2. The van der Waals surface area contributed by atoms with Crippen LogP contribution in [0.1, 0.15) is 21.7 Å². The summed E-state index contributed by atoms with van der Waals surface area (Å²) < 4.78 is 0. The number of rotatable bonds is 2. The summed E-state index contributed by atoms with van der Waals surface area (Å²) in [5, 5.41) is 0.944. The Morgan fingerprint density at radius 3 is 2.82 bits per heavy atom. The molecule has 4 aromatic rings. The van der Waals surface area contributed by atoms with E-state index in [1.54, 1.807) is 12.3 Å². The number of imidazole rings is 1. The zero-order valence-corrected chi connectivity index (χ0v) is 12.0. The summed E-state index contributed by atoms with van der Waals surface area (Å²) in [4.78, 5) is 24.6. The molecule has 4 rings (SSSR count). The predicted octanol–water partition coefficient (Wildman–Crippen LogP) is 3.65. The third-order valence-electron chi connectivity index (χ3n) is 3.72. The number of H-pyrrole nitrogens is 1. The van der Waals surface area contributed by atoms with Crippen molar-refractivity contribution < 1.29 is 4.79 Å². The van der Waals surface area contributed by atoms with Crippen molar-refractivity contribution in [1.82, 2.24) is 15.0 Å². The molecule has 2 heterocycles. The van der Waals surface area contributed by atoms with Gasteiger partial charge in [0.15, 0.2) is 5.82 Å². The van der Waals surface area contributed by atoms with E-state index in [1.165, 1.54) is 0 Å². The van der Waals surface area contributed by atoms with Gasteiger partial charge in [-0.1, -0.05) is 42.0 Å². The molecule has 1 N–H and O–H groups in total. The lowest BCUT2D eigenvalue weighted by Crippen LogP contribution is -2.03. The molecule has 0 aliphatic carbocycles. The summed E-state index contributed by atoms with van der Waals surface area (Å²) in [6.45, 7) is 1.97. The Hall–Kier alpha value is -3.01. The second kappa shape index (κ2) is 4.77.